The largest absolute Gasteiger partial charge is 0.330 e. The molecule has 0 aliphatic rings. The van der Waals surface area contributed by atoms with E-state index in [9.17, 15) is 9.18 Å². The lowest BCUT2D eigenvalue weighted by Gasteiger charge is -2.16. The average Bonchev–Trinajstić information content (AvgIpc) is 2.50. The molecule has 4 heteroatoms. The lowest BCUT2D eigenvalue weighted by atomic mass is 10.1. The maximum Gasteiger partial charge on any atom is 0.282 e. The van der Waals surface area contributed by atoms with E-state index in [-0.39, 0.29) is 23.8 Å². The highest BCUT2D eigenvalue weighted by Crippen LogP contribution is 2.09. The zero-order valence-electron chi connectivity index (χ0n) is 12.2. The molecule has 0 saturated heterocycles. The molecule has 0 fully saturated rings. The van der Waals surface area contributed by atoms with E-state index in [0.717, 1.165) is 0 Å². The lowest BCUT2D eigenvalue weighted by Crippen LogP contribution is -2.91. The van der Waals surface area contributed by atoms with Gasteiger partial charge in [0, 0.05) is 11.3 Å². The van der Waals surface area contributed by atoms with E-state index in [1.54, 1.807) is 12.1 Å². The summed E-state index contributed by atoms with van der Waals surface area (Å²) in [6.45, 7) is 3.93. The van der Waals surface area contributed by atoms with Gasteiger partial charge in [0.25, 0.3) is 5.91 Å². The van der Waals surface area contributed by atoms with Gasteiger partial charge >= 0.3 is 0 Å². The van der Waals surface area contributed by atoms with Crippen molar-refractivity contribution in [3.05, 3.63) is 66.0 Å². The number of carbonyl (C=O) groups excluding carboxylic acids is 1. The lowest BCUT2D eigenvalue weighted by molar-refractivity contribution is -0.709. The van der Waals surface area contributed by atoms with Gasteiger partial charge in [-0.15, -0.1) is 0 Å². The van der Waals surface area contributed by atoms with Gasteiger partial charge in [0.1, 0.15) is 11.9 Å². The number of hydrogen-bond acceptors (Lipinski definition) is 1. The minimum Gasteiger partial charge on any atom is -0.330 e. The van der Waals surface area contributed by atoms with Gasteiger partial charge in [-0.05, 0) is 38.1 Å². The van der Waals surface area contributed by atoms with Crippen molar-refractivity contribution in [2.24, 2.45) is 0 Å². The SMILES string of the molecule is C[C@H]([NH2+][C@@H](C)c1ccccc1)C(=O)Nc1ccc(F)cc1. The molecule has 0 bridgehead atoms. The molecule has 0 aliphatic heterocycles. The van der Waals surface area contributed by atoms with Crippen molar-refractivity contribution in [2.75, 3.05) is 5.32 Å². The highest BCUT2D eigenvalue weighted by molar-refractivity contribution is 5.93. The van der Waals surface area contributed by atoms with Crippen molar-refractivity contribution in [2.45, 2.75) is 25.9 Å². The number of hydrogen-bond donors (Lipinski definition) is 2. The Morgan fingerprint density at radius 3 is 2.29 bits per heavy atom. The third kappa shape index (κ3) is 4.39. The molecule has 2 aromatic rings. The molecule has 3 nitrogen and oxygen atoms in total. The van der Waals surface area contributed by atoms with E-state index < -0.39 is 0 Å². The van der Waals surface area contributed by atoms with Crippen molar-refractivity contribution >= 4 is 11.6 Å². The van der Waals surface area contributed by atoms with E-state index in [2.05, 4.69) is 12.2 Å². The molecular weight excluding hydrogens is 267 g/mol. The van der Waals surface area contributed by atoms with Crippen molar-refractivity contribution in [3.63, 3.8) is 0 Å². The highest BCUT2D eigenvalue weighted by Gasteiger charge is 2.20. The summed E-state index contributed by atoms with van der Waals surface area (Å²) in [5.41, 5.74) is 1.79. The molecule has 0 aromatic heterocycles. The normalized spacial score (nSPS) is 13.5. The summed E-state index contributed by atoms with van der Waals surface area (Å²) in [5.74, 6) is -0.408. The Bertz CT molecular complexity index is 583. The molecule has 110 valence electrons. The third-order valence-corrected chi connectivity index (χ3v) is 3.43. The van der Waals surface area contributed by atoms with E-state index >= 15 is 0 Å². The van der Waals surface area contributed by atoms with Crippen molar-refractivity contribution < 1.29 is 14.5 Å². The molecule has 21 heavy (non-hydrogen) atoms. The maximum absolute atomic E-state index is 12.8. The Labute approximate surface area is 124 Å². The first-order valence-electron chi connectivity index (χ1n) is 7.02. The fourth-order valence-electron chi connectivity index (χ4n) is 2.18. The molecule has 2 rings (SSSR count). The summed E-state index contributed by atoms with van der Waals surface area (Å²) < 4.78 is 12.8. The summed E-state index contributed by atoms with van der Waals surface area (Å²) in [5, 5.41) is 4.80. The summed E-state index contributed by atoms with van der Waals surface area (Å²) >= 11 is 0. The van der Waals surface area contributed by atoms with Crippen LogP contribution in [0.4, 0.5) is 10.1 Å². The van der Waals surface area contributed by atoms with E-state index in [1.165, 1.54) is 17.7 Å². The molecule has 3 N–H and O–H groups in total. The molecule has 0 radical (unpaired) electrons. The zero-order valence-corrected chi connectivity index (χ0v) is 12.2. The molecule has 0 unspecified atom stereocenters. The van der Waals surface area contributed by atoms with Crippen molar-refractivity contribution in [1.82, 2.24) is 0 Å². The van der Waals surface area contributed by atoms with Gasteiger partial charge in [-0.2, -0.15) is 0 Å². The minimum atomic E-state index is -0.315. The van der Waals surface area contributed by atoms with Gasteiger partial charge in [0.05, 0.1) is 0 Å². The Hall–Kier alpha value is -2.20. The molecule has 1 amide bonds. The van der Waals surface area contributed by atoms with Crippen molar-refractivity contribution in [3.8, 4) is 0 Å². The first kappa shape index (κ1) is 15.2. The summed E-state index contributed by atoms with van der Waals surface area (Å²) in [6, 6.07) is 15.8. The smallest absolute Gasteiger partial charge is 0.282 e. The number of rotatable bonds is 5. The molecule has 0 heterocycles. The second-order valence-corrected chi connectivity index (χ2v) is 5.18. The first-order chi connectivity index (χ1) is 10.1. The zero-order chi connectivity index (χ0) is 15.2. The number of quaternary nitrogens is 1. The first-order valence-corrected chi connectivity index (χ1v) is 7.02. The van der Waals surface area contributed by atoms with Crippen LogP contribution in [0.1, 0.15) is 25.5 Å². The average molecular weight is 287 g/mol. The summed E-state index contributed by atoms with van der Waals surface area (Å²) in [6.07, 6.45) is 0. The fourth-order valence-corrected chi connectivity index (χ4v) is 2.18. The van der Waals surface area contributed by atoms with Crippen LogP contribution in [0.15, 0.2) is 54.6 Å². The van der Waals surface area contributed by atoms with Crippen LogP contribution in [0.3, 0.4) is 0 Å². The maximum atomic E-state index is 12.8. The summed E-state index contributed by atoms with van der Waals surface area (Å²) in [7, 11) is 0. The Kier molecular flexibility index (Phi) is 5.06. The fraction of sp³-hybridized carbons (Fsp3) is 0.235. The standard InChI is InChI=1S/C17H19FN2O/c1-12(14-6-4-3-5-7-14)19-13(2)17(21)20-16-10-8-15(18)9-11-16/h3-13,19H,1-2H3,(H,20,21)/p+1/t12-,13-/m0/s1. The predicted molar refractivity (Wildman–Crippen MR) is 81.3 cm³/mol. The van der Waals surface area contributed by atoms with Crippen LogP contribution in [0.5, 0.6) is 0 Å². The summed E-state index contributed by atoms with van der Waals surface area (Å²) in [4.78, 5) is 12.1. The van der Waals surface area contributed by atoms with Gasteiger partial charge in [0.15, 0.2) is 6.04 Å². The van der Waals surface area contributed by atoms with Crippen LogP contribution in [0.25, 0.3) is 0 Å². The highest BCUT2D eigenvalue weighted by atomic mass is 19.1. The number of nitrogens with one attached hydrogen (secondary N) is 1. The number of anilines is 1. The molecular formula is C17H20FN2O+. The quantitative estimate of drug-likeness (QED) is 0.872. The van der Waals surface area contributed by atoms with Gasteiger partial charge < -0.3 is 10.6 Å². The third-order valence-electron chi connectivity index (χ3n) is 3.43. The van der Waals surface area contributed by atoms with Crippen LogP contribution in [0.2, 0.25) is 0 Å². The van der Waals surface area contributed by atoms with Crippen LogP contribution in [-0.4, -0.2) is 11.9 Å². The Morgan fingerprint density at radius 1 is 1.05 bits per heavy atom. The number of amides is 1. The Balaban J connectivity index is 1.92. The molecule has 0 spiro atoms. The van der Waals surface area contributed by atoms with E-state index in [0.29, 0.717) is 5.69 Å². The monoisotopic (exact) mass is 287 g/mol. The van der Waals surface area contributed by atoms with E-state index in [1.807, 2.05) is 42.6 Å². The Morgan fingerprint density at radius 2 is 1.67 bits per heavy atom. The second-order valence-electron chi connectivity index (χ2n) is 5.18. The molecule has 0 saturated carbocycles. The van der Waals surface area contributed by atoms with Crippen LogP contribution in [0, 0.1) is 5.82 Å². The van der Waals surface area contributed by atoms with Crippen molar-refractivity contribution in [1.29, 1.82) is 0 Å². The molecule has 2 atom stereocenters. The number of benzene rings is 2. The number of carbonyl (C=O) groups is 1. The minimum absolute atomic E-state index is 0.0932. The van der Waals surface area contributed by atoms with Crippen LogP contribution >= 0.6 is 0 Å². The second kappa shape index (κ2) is 6.99. The topological polar surface area (TPSA) is 45.7 Å². The van der Waals surface area contributed by atoms with Crippen LogP contribution in [-0.2, 0) is 4.79 Å². The van der Waals surface area contributed by atoms with Gasteiger partial charge in [0.2, 0.25) is 0 Å². The number of halogens is 1. The van der Waals surface area contributed by atoms with Gasteiger partial charge in [-0.3, -0.25) is 4.79 Å². The predicted octanol–water partition coefficient (Wildman–Crippen LogP) is 2.48. The van der Waals surface area contributed by atoms with Crippen LogP contribution < -0.4 is 10.6 Å². The molecule has 0 aliphatic carbocycles. The van der Waals surface area contributed by atoms with E-state index in [4.69, 9.17) is 0 Å². The van der Waals surface area contributed by atoms with Gasteiger partial charge in [-0.1, -0.05) is 30.3 Å². The van der Waals surface area contributed by atoms with Gasteiger partial charge in [-0.25, -0.2) is 4.39 Å². The number of nitrogens with two attached hydrogens (primary N) is 1. The molecule has 2 aromatic carbocycles.